The molecular formula is C63H122O17P2. The van der Waals surface area contributed by atoms with Crippen molar-refractivity contribution in [3.63, 3.8) is 0 Å². The van der Waals surface area contributed by atoms with Crippen molar-refractivity contribution in [2.24, 2.45) is 11.8 Å². The van der Waals surface area contributed by atoms with Crippen molar-refractivity contribution < 1.29 is 80.2 Å². The number of unbranched alkanes of at least 4 members (excludes halogenated alkanes) is 31. The van der Waals surface area contributed by atoms with Gasteiger partial charge in [0.15, 0.2) is 12.2 Å². The lowest BCUT2D eigenvalue weighted by Gasteiger charge is -2.21. The van der Waals surface area contributed by atoms with Crippen LogP contribution < -0.4 is 0 Å². The van der Waals surface area contributed by atoms with Crippen LogP contribution in [-0.4, -0.2) is 96.7 Å². The van der Waals surface area contributed by atoms with Crippen LogP contribution in [0.4, 0.5) is 0 Å². The largest absolute Gasteiger partial charge is 0.472 e. The predicted octanol–water partition coefficient (Wildman–Crippen LogP) is 17.3. The quantitative estimate of drug-likeness (QED) is 0.0222. The topological polar surface area (TPSA) is 237 Å². The first kappa shape index (κ1) is 80.1. The molecule has 0 aromatic carbocycles. The Morgan fingerprint density at radius 3 is 0.927 bits per heavy atom. The van der Waals surface area contributed by atoms with E-state index in [1.165, 1.54) is 122 Å². The van der Waals surface area contributed by atoms with Crippen molar-refractivity contribution in [3.8, 4) is 0 Å². The monoisotopic (exact) mass is 1210 g/mol. The van der Waals surface area contributed by atoms with E-state index < -0.39 is 97.5 Å². The Kier molecular flexibility index (Phi) is 54.3. The van der Waals surface area contributed by atoms with Crippen LogP contribution in [0.25, 0.3) is 0 Å². The SMILES string of the molecule is CCCCCCCCCCCCCCC(=O)OC[C@H](COP(=O)(O)OC[C@@H](O)COP(=O)(O)OC[C@@H](COC(=O)CCCCCCCCCC)OC(=O)CCCCCCCCCC(C)C)OC(=O)CCCCCCCCCCC(C)CC. The molecule has 0 amide bonds. The van der Waals surface area contributed by atoms with Gasteiger partial charge in [-0.15, -0.1) is 0 Å². The second-order valence-electron chi connectivity index (χ2n) is 23.5. The summed E-state index contributed by atoms with van der Waals surface area (Å²) in [6, 6.07) is 0. The molecule has 0 aromatic heterocycles. The Balaban J connectivity index is 5.24. The lowest BCUT2D eigenvalue weighted by Crippen LogP contribution is -2.30. The molecule has 0 saturated carbocycles. The number of hydrogen-bond donors (Lipinski definition) is 3. The van der Waals surface area contributed by atoms with Crippen molar-refractivity contribution >= 4 is 39.5 Å². The highest BCUT2D eigenvalue weighted by Crippen LogP contribution is 2.45. The van der Waals surface area contributed by atoms with Crippen LogP contribution in [0.2, 0.25) is 0 Å². The van der Waals surface area contributed by atoms with E-state index in [-0.39, 0.29) is 25.7 Å². The zero-order valence-electron chi connectivity index (χ0n) is 52.8. The number of aliphatic hydroxyl groups excluding tert-OH is 1. The first-order valence-corrected chi connectivity index (χ1v) is 36.0. The van der Waals surface area contributed by atoms with Crippen molar-refractivity contribution in [2.45, 2.75) is 330 Å². The molecule has 3 unspecified atom stereocenters. The minimum Gasteiger partial charge on any atom is -0.462 e. The third kappa shape index (κ3) is 55.9. The third-order valence-corrected chi connectivity index (χ3v) is 16.7. The molecule has 0 heterocycles. The summed E-state index contributed by atoms with van der Waals surface area (Å²) in [6.45, 7) is 9.39. The second kappa shape index (κ2) is 55.6. The normalized spacial score (nSPS) is 14.7. The van der Waals surface area contributed by atoms with E-state index in [4.69, 9.17) is 37.0 Å². The molecule has 486 valence electrons. The van der Waals surface area contributed by atoms with Gasteiger partial charge in [0.05, 0.1) is 26.4 Å². The van der Waals surface area contributed by atoms with E-state index in [0.717, 1.165) is 102 Å². The zero-order valence-corrected chi connectivity index (χ0v) is 54.6. The van der Waals surface area contributed by atoms with Crippen LogP contribution in [0.5, 0.6) is 0 Å². The molecule has 0 spiro atoms. The number of ether oxygens (including phenoxy) is 4. The highest BCUT2D eigenvalue weighted by Gasteiger charge is 2.30. The summed E-state index contributed by atoms with van der Waals surface area (Å²) in [5.74, 6) is -0.674. The molecule has 17 nitrogen and oxygen atoms in total. The summed E-state index contributed by atoms with van der Waals surface area (Å²) in [7, 11) is -9.88. The first-order chi connectivity index (χ1) is 39.4. The molecule has 0 radical (unpaired) electrons. The van der Waals surface area contributed by atoms with Gasteiger partial charge in [-0.2, -0.15) is 0 Å². The zero-order chi connectivity index (χ0) is 60.8. The van der Waals surface area contributed by atoms with E-state index in [1.807, 2.05) is 0 Å². The van der Waals surface area contributed by atoms with Crippen molar-refractivity contribution in [2.75, 3.05) is 39.6 Å². The van der Waals surface area contributed by atoms with Crippen LogP contribution in [-0.2, 0) is 65.4 Å². The van der Waals surface area contributed by atoms with E-state index in [9.17, 15) is 43.2 Å². The minimum absolute atomic E-state index is 0.103. The fourth-order valence-electron chi connectivity index (χ4n) is 9.32. The summed E-state index contributed by atoms with van der Waals surface area (Å²) >= 11 is 0. The van der Waals surface area contributed by atoms with Gasteiger partial charge >= 0.3 is 39.5 Å². The number of aliphatic hydroxyl groups is 1. The molecule has 0 fully saturated rings. The predicted molar refractivity (Wildman–Crippen MR) is 326 cm³/mol. The standard InChI is InChI=1S/C63H122O17P2/c1-7-10-12-14-16-18-19-20-21-28-34-40-46-61(66)74-52-58(79-62(67)47-41-35-29-23-22-26-32-38-44-56(6)9-3)53-77-81(69,70)75-49-57(64)50-76-82(71,72)78-54-59(51-73-60(65)45-39-33-27-17-15-13-11-8-2)80-63(68)48-42-36-30-24-25-31-37-43-55(4)5/h55-59,64H,7-54H2,1-6H3,(H,69,70)(H,71,72)/t56?,57-,58-,59-/m1/s1. The Bertz CT molecular complexity index is 1620. The number of carbonyl (C=O) groups excluding carboxylic acids is 4. The van der Waals surface area contributed by atoms with Gasteiger partial charge in [0, 0.05) is 25.7 Å². The number of phosphoric acid groups is 2. The van der Waals surface area contributed by atoms with Gasteiger partial charge in [-0.25, -0.2) is 9.13 Å². The Hall–Kier alpha value is -1.94. The molecule has 0 aliphatic heterocycles. The highest BCUT2D eigenvalue weighted by molar-refractivity contribution is 7.47. The fourth-order valence-corrected chi connectivity index (χ4v) is 10.9. The average molecular weight is 1210 g/mol. The number of phosphoric ester groups is 2. The lowest BCUT2D eigenvalue weighted by atomic mass is 9.99. The molecule has 19 heteroatoms. The lowest BCUT2D eigenvalue weighted by molar-refractivity contribution is -0.161. The van der Waals surface area contributed by atoms with E-state index in [1.54, 1.807) is 0 Å². The summed E-state index contributed by atoms with van der Waals surface area (Å²) < 4.78 is 67.9. The number of hydrogen-bond acceptors (Lipinski definition) is 15. The maximum absolute atomic E-state index is 13.0. The molecule has 0 rings (SSSR count). The van der Waals surface area contributed by atoms with Crippen molar-refractivity contribution in [1.29, 1.82) is 0 Å². The molecule has 3 N–H and O–H groups in total. The smallest absolute Gasteiger partial charge is 0.462 e. The minimum atomic E-state index is -4.94. The highest BCUT2D eigenvalue weighted by atomic mass is 31.2. The number of carbonyl (C=O) groups is 4. The molecule has 0 saturated heterocycles. The van der Waals surface area contributed by atoms with Crippen molar-refractivity contribution in [1.82, 2.24) is 0 Å². The summed E-state index contributed by atoms with van der Waals surface area (Å²) in [5.41, 5.74) is 0. The first-order valence-electron chi connectivity index (χ1n) is 33.0. The van der Waals surface area contributed by atoms with E-state index in [0.29, 0.717) is 31.6 Å². The van der Waals surface area contributed by atoms with Gasteiger partial charge in [0.1, 0.15) is 19.3 Å². The molecular weight excluding hydrogens is 1090 g/mol. The Morgan fingerprint density at radius 1 is 0.354 bits per heavy atom. The van der Waals surface area contributed by atoms with Crippen LogP contribution in [0.1, 0.15) is 311 Å². The van der Waals surface area contributed by atoms with Crippen LogP contribution in [0.3, 0.4) is 0 Å². The molecule has 0 aromatic rings. The number of esters is 4. The maximum Gasteiger partial charge on any atom is 0.472 e. The fraction of sp³-hybridized carbons (Fsp3) is 0.937. The molecule has 0 aliphatic carbocycles. The van der Waals surface area contributed by atoms with Crippen molar-refractivity contribution in [3.05, 3.63) is 0 Å². The van der Waals surface area contributed by atoms with Crippen LogP contribution in [0, 0.1) is 11.8 Å². The Labute approximate surface area is 498 Å². The van der Waals surface area contributed by atoms with Gasteiger partial charge in [0.2, 0.25) is 0 Å². The Morgan fingerprint density at radius 2 is 0.622 bits per heavy atom. The summed E-state index contributed by atoms with van der Waals surface area (Å²) in [5, 5.41) is 10.5. The van der Waals surface area contributed by atoms with Gasteiger partial charge < -0.3 is 33.8 Å². The van der Waals surface area contributed by atoms with E-state index >= 15 is 0 Å². The average Bonchev–Trinajstić information content (AvgIpc) is 3.44. The van der Waals surface area contributed by atoms with Gasteiger partial charge in [-0.05, 0) is 37.5 Å². The second-order valence-corrected chi connectivity index (χ2v) is 26.4. The van der Waals surface area contributed by atoms with Crippen LogP contribution in [0.15, 0.2) is 0 Å². The summed E-state index contributed by atoms with van der Waals surface area (Å²) in [6.07, 6.45) is 37.6. The summed E-state index contributed by atoms with van der Waals surface area (Å²) in [4.78, 5) is 72.1. The van der Waals surface area contributed by atoms with Gasteiger partial charge in [-0.3, -0.25) is 37.3 Å². The molecule has 0 aliphatic rings. The molecule has 6 atom stereocenters. The maximum atomic E-state index is 13.0. The van der Waals surface area contributed by atoms with Gasteiger partial charge in [-0.1, -0.05) is 260 Å². The van der Waals surface area contributed by atoms with Crippen LogP contribution >= 0.6 is 15.6 Å². The van der Waals surface area contributed by atoms with E-state index in [2.05, 4.69) is 41.5 Å². The molecule has 0 bridgehead atoms. The number of rotatable bonds is 62. The third-order valence-electron chi connectivity index (χ3n) is 14.8. The van der Waals surface area contributed by atoms with Gasteiger partial charge in [0.25, 0.3) is 0 Å². The molecule has 82 heavy (non-hydrogen) atoms.